The normalized spacial score (nSPS) is 30.7. The Bertz CT molecular complexity index is 1030. The molecule has 0 aromatic heterocycles. The van der Waals surface area contributed by atoms with Crippen LogP contribution in [0.1, 0.15) is 131 Å². The molecule has 1 unspecified atom stereocenters. The van der Waals surface area contributed by atoms with Gasteiger partial charge >= 0.3 is 11.9 Å². The number of unbranched alkanes of at least 4 members (excludes halogenated alkanes) is 1. The summed E-state index contributed by atoms with van der Waals surface area (Å²) in [7, 11) is 0. The van der Waals surface area contributed by atoms with E-state index >= 15 is 0 Å². The van der Waals surface area contributed by atoms with Crippen LogP contribution in [0.2, 0.25) is 0 Å². The van der Waals surface area contributed by atoms with E-state index in [0.717, 1.165) is 87.1 Å². The molecule has 0 aromatic rings. The van der Waals surface area contributed by atoms with Crippen molar-refractivity contribution in [2.75, 3.05) is 39.3 Å². The lowest BCUT2D eigenvalue weighted by Crippen LogP contribution is -2.51. The van der Waals surface area contributed by atoms with Crippen molar-refractivity contribution >= 4 is 49.1 Å². The van der Waals surface area contributed by atoms with E-state index in [4.69, 9.17) is 16.2 Å². The van der Waals surface area contributed by atoms with Gasteiger partial charge in [0.25, 0.3) is 0 Å². The van der Waals surface area contributed by atoms with Crippen LogP contribution in [0.5, 0.6) is 0 Å². The summed E-state index contributed by atoms with van der Waals surface area (Å²) in [5, 5.41) is 3.38. The van der Waals surface area contributed by atoms with E-state index < -0.39 is 11.9 Å². The fourth-order valence-corrected chi connectivity index (χ4v) is 10.6. The minimum atomic E-state index is -0.686. The first-order chi connectivity index (χ1) is 22.0. The number of amides is 1. The topological polar surface area (TPSA) is 111 Å². The average molecular weight is 752 g/mol. The second-order valence-electron chi connectivity index (χ2n) is 16.6. The number of allylic oxidation sites excluding steroid dienone is 1. The van der Waals surface area contributed by atoms with E-state index in [-0.39, 0.29) is 48.7 Å². The molecule has 4 rings (SSSR count). The lowest BCUT2D eigenvalue weighted by molar-refractivity contribution is -0.165. The van der Waals surface area contributed by atoms with Gasteiger partial charge in [-0.25, -0.2) is 4.79 Å². The quantitative estimate of drug-likeness (QED) is 0.0600. The summed E-state index contributed by atoms with van der Waals surface area (Å²) < 4.78 is 5.96. The Morgan fingerprint density at radius 3 is 2.27 bits per heavy atom. The van der Waals surface area contributed by atoms with Crippen LogP contribution in [0.25, 0.3) is 0 Å². The maximum Gasteiger partial charge on any atom is 0.397 e. The molecule has 3 fully saturated rings. The third kappa shape index (κ3) is 11.5. The number of nitrogens with zero attached hydrogens (tertiary/aromatic N) is 1. The van der Waals surface area contributed by atoms with Crippen LogP contribution in [-0.2, 0) is 14.3 Å². The fourth-order valence-electron chi connectivity index (χ4n) is 10.6. The standard InChI is InChI=1S/C39H70N4O3.3ClH/c1-28(2)11-8-12-29(3)33-15-16-34-32-14-13-30-27-31(17-19-38(30,4)35(32)18-20-39(33,34)5)46-37(45)36(44)43(26-10-22-41)25-7-6-23-42-24-9-21-40;;;/h13,28-29,31-35,42H,6-12,14-27,40-41H2,1-5H3;3*1H/t29?,31-,32-,33+,34-,35-,38-,39+;;;/m0.../s1. The highest BCUT2D eigenvalue weighted by atomic mass is 35.5. The van der Waals surface area contributed by atoms with E-state index in [2.05, 4.69) is 46.0 Å². The van der Waals surface area contributed by atoms with Crippen LogP contribution in [0.4, 0.5) is 0 Å². The van der Waals surface area contributed by atoms with Gasteiger partial charge in [0.2, 0.25) is 0 Å². The molecule has 0 bridgehead atoms. The van der Waals surface area contributed by atoms with E-state index in [1.165, 1.54) is 56.9 Å². The van der Waals surface area contributed by atoms with Crippen LogP contribution in [0.3, 0.4) is 0 Å². The van der Waals surface area contributed by atoms with E-state index in [1.807, 2.05) is 0 Å². The van der Waals surface area contributed by atoms with Crippen LogP contribution in [0, 0.1) is 46.3 Å². The summed E-state index contributed by atoms with van der Waals surface area (Å²) in [5.74, 6) is 3.68. The minimum Gasteiger partial charge on any atom is -0.455 e. The number of nitrogens with two attached hydrogens (primary N) is 2. The largest absolute Gasteiger partial charge is 0.455 e. The smallest absolute Gasteiger partial charge is 0.397 e. The number of ether oxygens (including phenoxy) is 1. The Morgan fingerprint density at radius 1 is 0.878 bits per heavy atom. The maximum atomic E-state index is 13.2. The highest BCUT2D eigenvalue weighted by molar-refractivity contribution is 6.32. The first kappa shape index (κ1) is 46.5. The van der Waals surface area contributed by atoms with Crippen LogP contribution >= 0.6 is 37.2 Å². The summed E-state index contributed by atoms with van der Waals surface area (Å²) in [4.78, 5) is 28.0. The van der Waals surface area contributed by atoms with Gasteiger partial charge in [0, 0.05) is 19.5 Å². The zero-order valence-corrected chi connectivity index (χ0v) is 34.0. The summed E-state index contributed by atoms with van der Waals surface area (Å²) >= 11 is 0. The van der Waals surface area contributed by atoms with Gasteiger partial charge in [0.15, 0.2) is 0 Å². The van der Waals surface area contributed by atoms with Crippen LogP contribution in [0.15, 0.2) is 11.6 Å². The Hall–Kier alpha value is -0.570. The predicted molar refractivity (Wildman–Crippen MR) is 211 cm³/mol. The Kier molecular flexibility index (Phi) is 20.7. The van der Waals surface area contributed by atoms with Gasteiger partial charge in [-0.1, -0.05) is 65.5 Å². The molecule has 0 aliphatic heterocycles. The number of fused-ring (bicyclic) bond motifs is 5. The Balaban J connectivity index is 0.00000400. The average Bonchev–Trinajstić information content (AvgIpc) is 3.39. The van der Waals surface area contributed by atoms with E-state index in [0.29, 0.717) is 38.0 Å². The molecule has 0 radical (unpaired) electrons. The zero-order chi connectivity index (χ0) is 33.3. The van der Waals surface area contributed by atoms with E-state index in [1.54, 1.807) is 4.90 Å². The first-order valence-corrected chi connectivity index (χ1v) is 19.3. The summed E-state index contributed by atoms with van der Waals surface area (Å²) in [6.45, 7) is 16.5. The fraction of sp³-hybridized carbons (Fsp3) is 0.897. The molecule has 8 atom stereocenters. The van der Waals surface area contributed by atoms with Crippen LogP contribution < -0.4 is 16.8 Å². The second kappa shape index (κ2) is 21.8. The zero-order valence-electron chi connectivity index (χ0n) is 31.5. The van der Waals surface area contributed by atoms with Crippen molar-refractivity contribution < 1.29 is 14.3 Å². The highest BCUT2D eigenvalue weighted by Crippen LogP contribution is 2.67. The molecule has 7 nitrogen and oxygen atoms in total. The summed E-state index contributed by atoms with van der Waals surface area (Å²) in [6.07, 6.45) is 19.3. The number of esters is 1. The Morgan fingerprint density at radius 2 is 1.57 bits per heavy atom. The van der Waals surface area contributed by atoms with Crippen molar-refractivity contribution in [3.63, 3.8) is 0 Å². The number of rotatable bonds is 17. The van der Waals surface area contributed by atoms with Crippen molar-refractivity contribution in [1.82, 2.24) is 10.2 Å². The van der Waals surface area contributed by atoms with Gasteiger partial charge < -0.3 is 26.4 Å². The third-order valence-electron chi connectivity index (χ3n) is 13.2. The number of hydrogen-bond donors (Lipinski definition) is 3. The van der Waals surface area contributed by atoms with Gasteiger partial charge in [-0.3, -0.25) is 4.79 Å². The second-order valence-corrected chi connectivity index (χ2v) is 16.6. The minimum absolute atomic E-state index is 0. The molecule has 288 valence electrons. The molecule has 3 saturated carbocycles. The maximum absolute atomic E-state index is 13.2. The van der Waals surface area contributed by atoms with E-state index in [9.17, 15) is 9.59 Å². The molecule has 1 amide bonds. The number of carbonyl (C=O) groups is 2. The lowest BCUT2D eigenvalue weighted by atomic mass is 9.47. The monoisotopic (exact) mass is 750 g/mol. The van der Waals surface area contributed by atoms with Gasteiger partial charge in [-0.15, -0.1) is 37.2 Å². The summed E-state index contributed by atoms with van der Waals surface area (Å²) in [6, 6.07) is 0. The predicted octanol–water partition coefficient (Wildman–Crippen LogP) is 8.10. The molecule has 5 N–H and O–H groups in total. The van der Waals surface area contributed by atoms with Crippen molar-refractivity contribution in [1.29, 1.82) is 0 Å². The van der Waals surface area contributed by atoms with Gasteiger partial charge in [-0.05, 0) is 143 Å². The highest BCUT2D eigenvalue weighted by Gasteiger charge is 2.59. The van der Waals surface area contributed by atoms with Crippen molar-refractivity contribution in [2.24, 2.45) is 57.8 Å². The third-order valence-corrected chi connectivity index (χ3v) is 13.2. The van der Waals surface area contributed by atoms with Crippen molar-refractivity contribution in [2.45, 2.75) is 137 Å². The van der Waals surface area contributed by atoms with Crippen molar-refractivity contribution in [3.8, 4) is 0 Å². The molecule has 0 saturated heterocycles. The van der Waals surface area contributed by atoms with Crippen LogP contribution in [-0.4, -0.2) is 62.1 Å². The molecule has 0 spiro atoms. The lowest BCUT2D eigenvalue weighted by Gasteiger charge is -2.58. The Labute approximate surface area is 318 Å². The molecule has 49 heavy (non-hydrogen) atoms. The molecule has 4 aliphatic carbocycles. The van der Waals surface area contributed by atoms with Crippen molar-refractivity contribution in [3.05, 3.63) is 11.6 Å². The molecule has 0 aromatic carbocycles. The van der Waals surface area contributed by atoms with Gasteiger partial charge in [0.1, 0.15) is 6.10 Å². The molecule has 0 heterocycles. The molecule has 10 heteroatoms. The molecular formula is C39H73Cl3N4O3. The SMILES string of the molecule is CC(C)CCCC(C)[C@H]1CC[C@H]2[C@@H]3CC=C4C[C@@H](OC(=O)C(=O)N(CCCN)CCCCNCCCN)CC[C@]4(C)[C@H]3CC[C@]12C.Cl.Cl.Cl. The number of carbonyl (C=O) groups excluding carboxylic acids is 2. The summed E-state index contributed by atoms with van der Waals surface area (Å²) in [5.41, 5.74) is 13.5. The first-order valence-electron chi connectivity index (χ1n) is 19.3. The van der Waals surface area contributed by atoms with Gasteiger partial charge in [-0.2, -0.15) is 0 Å². The number of hydrogen-bond acceptors (Lipinski definition) is 6. The molecule has 4 aliphatic rings. The molecular weight excluding hydrogens is 679 g/mol. The number of nitrogens with one attached hydrogen (secondary N) is 1. The number of halogens is 3. The van der Waals surface area contributed by atoms with Gasteiger partial charge in [0.05, 0.1) is 0 Å².